The summed E-state index contributed by atoms with van der Waals surface area (Å²) in [7, 11) is 3.59. The predicted molar refractivity (Wildman–Crippen MR) is 122 cm³/mol. The fourth-order valence-electron chi connectivity index (χ4n) is 4.14. The fraction of sp³-hybridized carbons (Fsp3) is 0.261. The molecule has 0 saturated heterocycles. The van der Waals surface area contributed by atoms with E-state index in [0.717, 1.165) is 17.7 Å². The maximum Gasteiger partial charge on any atom is 0.280 e. The molecule has 2 aromatic carbocycles. The number of anilines is 1. The van der Waals surface area contributed by atoms with Crippen molar-refractivity contribution < 1.29 is 19.0 Å². The Labute approximate surface area is 194 Å². The molecule has 1 N–H and O–H groups in total. The van der Waals surface area contributed by atoms with E-state index in [1.54, 1.807) is 31.4 Å². The first-order valence-electron chi connectivity index (χ1n) is 10.3. The number of nitrogens with zero attached hydrogens (tertiary/aromatic N) is 3. The van der Waals surface area contributed by atoms with E-state index in [1.807, 2.05) is 7.05 Å². The topological polar surface area (TPSA) is 94.9 Å². The van der Waals surface area contributed by atoms with Crippen molar-refractivity contribution in [3.8, 4) is 22.9 Å². The lowest BCUT2D eigenvalue weighted by Gasteiger charge is -2.29. The number of aromatic nitrogens is 2. The number of fused-ring (bicyclic) bond motifs is 2. The molecule has 0 bridgehead atoms. The van der Waals surface area contributed by atoms with Crippen LogP contribution in [0.1, 0.15) is 21.6 Å². The van der Waals surface area contributed by atoms with Crippen LogP contribution in [0.25, 0.3) is 5.69 Å². The molecule has 0 unspecified atom stereocenters. The minimum atomic E-state index is -0.639. The van der Waals surface area contributed by atoms with Crippen LogP contribution in [-0.4, -0.2) is 48.1 Å². The second kappa shape index (κ2) is 8.42. The molecule has 5 rings (SSSR count). The third kappa shape index (κ3) is 3.79. The van der Waals surface area contributed by atoms with Gasteiger partial charge in [0.25, 0.3) is 5.91 Å². The molecule has 0 fully saturated rings. The molecule has 9 nitrogen and oxygen atoms in total. The van der Waals surface area contributed by atoms with Crippen LogP contribution in [0.4, 0.5) is 5.69 Å². The van der Waals surface area contributed by atoms with E-state index in [-0.39, 0.29) is 12.5 Å². The maximum absolute atomic E-state index is 13.2. The molecule has 1 aromatic heterocycles. The Morgan fingerprint density at radius 1 is 1.21 bits per heavy atom. The van der Waals surface area contributed by atoms with Crippen molar-refractivity contribution in [2.45, 2.75) is 13.0 Å². The summed E-state index contributed by atoms with van der Waals surface area (Å²) in [6.45, 7) is 1.44. The highest BCUT2D eigenvalue weighted by atomic mass is 35.5. The lowest BCUT2D eigenvalue weighted by molar-refractivity contribution is 0.101. The van der Waals surface area contributed by atoms with Crippen LogP contribution in [-0.2, 0) is 13.0 Å². The Morgan fingerprint density at radius 2 is 2.03 bits per heavy atom. The monoisotopic (exact) mass is 468 g/mol. The van der Waals surface area contributed by atoms with Gasteiger partial charge in [-0.1, -0.05) is 17.7 Å². The van der Waals surface area contributed by atoms with Crippen LogP contribution < -0.4 is 25.0 Å². The van der Waals surface area contributed by atoms with Gasteiger partial charge >= 0.3 is 0 Å². The van der Waals surface area contributed by atoms with Gasteiger partial charge in [0.2, 0.25) is 18.0 Å². The molecule has 0 atom stereocenters. The number of ether oxygens (including phenoxy) is 3. The summed E-state index contributed by atoms with van der Waals surface area (Å²) in [5, 5.41) is 7.64. The number of rotatable bonds is 4. The van der Waals surface area contributed by atoms with Crippen LogP contribution in [0, 0.1) is 0 Å². The highest BCUT2D eigenvalue weighted by Gasteiger charge is 2.33. The average molecular weight is 469 g/mol. The van der Waals surface area contributed by atoms with Crippen LogP contribution in [0.2, 0.25) is 5.02 Å². The van der Waals surface area contributed by atoms with E-state index in [1.165, 1.54) is 16.9 Å². The number of hydrogen-bond acceptors (Lipinski definition) is 7. The molecule has 0 radical (unpaired) electrons. The van der Waals surface area contributed by atoms with E-state index in [4.69, 9.17) is 25.8 Å². The van der Waals surface area contributed by atoms with Crippen molar-refractivity contribution in [2.24, 2.45) is 0 Å². The van der Waals surface area contributed by atoms with Gasteiger partial charge in [0, 0.05) is 35.9 Å². The van der Waals surface area contributed by atoms with Crippen molar-refractivity contribution >= 4 is 23.2 Å². The number of likely N-dealkylation sites (N-methyl/N-ethyl adjacent to an activating group) is 1. The molecule has 170 valence electrons. The van der Waals surface area contributed by atoms with Crippen molar-refractivity contribution in [3.63, 3.8) is 0 Å². The Bertz CT molecular complexity index is 1320. The molecule has 2 aliphatic rings. The number of halogens is 1. The minimum Gasteiger partial charge on any atom is -0.492 e. The first kappa shape index (κ1) is 21.3. The Morgan fingerprint density at radius 3 is 2.82 bits per heavy atom. The lowest BCUT2D eigenvalue weighted by Crippen LogP contribution is -2.30. The summed E-state index contributed by atoms with van der Waals surface area (Å²) in [5.74, 6) is 0.803. The normalized spacial score (nSPS) is 14.6. The summed E-state index contributed by atoms with van der Waals surface area (Å²) in [6, 6.07) is 8.26. The zero-order valence-corrected chi connectivity index (χ0v) is 18.8. The summed E-state index contributed by atoms with van der Waals surface area (Å²) < 4.78 is 18.4. The van der Waals surface area contributed by atoms with Crippen molar-refractivity contribution in [3.05, 3.63) is 68.6 Å². The molecular weight excluding hydrogens is 448 g/mol. The Hall–Kier alpha value is -3.56. The van der Waals surface area contributed by atoms with Gasteiger partial charge in [-0.05, 0) is 37.2 Å². The van der Waals surface area contributed by atoms with Crippen LogP contribution >= 0.6 is 11.6 Å². The van der Waals surface area contributed by atoms with Crippen LogP contribution in [0.15, 0.2) is 41.3 Å². The Balaban J connectivity index is 1.56. The SMILES string of the molecule is COc1c2c(c(NC(=O)c3nn(-c4cccc(Cl)c4)ccc3=O)c3c1OCO3)CCN(C)C2. The van der Waals surface area contributed by atoms with Gasteiger partial charge in [0.15, 0.2) is 17.2 Å². The first-order valence-corrected chi connectivity index (χ1v) is 10.7. The average Bonchev–Trinajstić information content (AvgIpc) is 3.29. The second-order valence-electron chi connectivity index (χ2n) is 7.83. The van der Waals surface area contributed by atoms with Gasteiger partial charge in [-0.25, -0.2) is 4.68 Å². The standard InChI is InChI=1S/C23H21ClN4O5/c1-27-8-6-15-16(11-27)20(31-2)22-21(32-12-33-22)18(15)25-23(30)19-17(29)7-9-28(26-19)14-5-3-4-13(24)10-14/h3-5,7,9-10H,6,8,11-12H2,1-2H3,(H,25,30). The predicted octanol–water partition coefficient (Wildman–Crippen LogP) is 2.86. The van der Waals surface area contributed by atoms with E-state index >= 15 is 0 Å². The molecule has 3 aromatic rings. The highest BCUT2D eigenvalue weighted by molar-refractivity contribution is 6.30. The molecule has 0 spiro atoms. The first-order chi connectivity index (χ1) is 16.0. The molecule has 33 heavy (non-hydrogen) atoms. The summed E-state index contributed by atoms with van der Waals surface area (Å²) >= 11 is 6.07. The van der Waals surface area contributed by atoms with Gasteiger partial charge in [0.1, 0.15) is 0 Å². The Kier molecular flexibility index (Phi) is 5.43. The number of amides is 1. The maximum atomic E-state index is 13.2. The summed E-state index contributed by atoms with van der Waals surface area (Å²) in [4.78, 5) is 27.9. The molecule has 3 heterocycles. The van der Waals surface area contributed by atoms with Crippen LogP contribution in [0.3, 0.4) is 0 Å². The van der Waals surface area contributed by atoms with E-state index in [9.17, 15) is 9.59 Å². The summed E-state index contributed by atoms with van der Waals surface area (Å²) in [5.41, 5.74) is 2.18. The number of hydrogen-bond donors (Lipinski definition) is 1. The zero-order chi connectivity index (χ0) is 23.1. The van der Waals surface area contributed by atoms with Crippen molar-refractivity contribution in [1.29, 1.82) is 0 Å². The van der Waals surface area contributed by atoms with Gasteiger partial charge < -0.3 is 24.4 Å². The number of nitrogens with one attached hydrogen (secondary N) is 1. The van der Waals surface area contributed by atoms with Gasteiger partial charge in [-0.15, -0.1) is 0 Å². The third-order valence-electron chi connectivity index (χ3n) is 5.70. The van der Waals surface area contributed by atoms with Crippen molar-refractivity contribution in [1.82, 2.24) is 14.7 Å². The van der Waals surface area contributed by atoms with Crippen LogP contribution in [0.5, 0.6) is 17.2 Å². The van der Waals surface area contributed by atoms with E-state index in [2.05, 4.69) is 15.3 Å². The van der Waals surface area contributed by atoms with Gasteiger partial charge in [0.05, 0.1) is 18.5 Å². The fourth-order valence-corrected chi connectivity index (χ4v) is 4.32. The molecular formula is C23H21ClN4O5. The summed E-state index contributed by atoms with van der Waals surface area (Å²) in [6.07, 6.45) is 2.16. The number of methoxy groups -OCH3 is 1. The number of carbonyl (C=O) groups excluding carboxylic acids is 1. The number of carbonyl (C=O) groups is 1. The quantitative estimate of drug-likeness (QED) is 0.629. The second-order valence-corrected chi connectivity index (χ2v) is 8.26. The van der Waals surface area contributed by atoms with E-state index < -0.39 is 11.3 Å². The largest absolute Gasteiger partial charge is 0.492 e. The van der Waals surface area contributed by atoms with Crippen molar-refractivity contribution in [2.75, 3.05) is 32.8 Å². The molecule has 1 amide bonds. The molecule has 2 aliphatic heterocycles. The molecule has 10 heteroatoms. The number of benzene rings is 2. The zero-order valence-electron chi connectivity index (χ0n) is 18.1. The lowest BCUT2D eigenvalue weighted by atomic mass is 9.95. The molecule has 0 saturated carbocycles. The molecule has 0 aliphatic carbocycles. The smallest absolute Gasteiger partial charge is 0.280 e. The van der Waals surface area contributed by atoms with Gasteiger partial charge in [-0.3, -0.25) is 9.59 Å². The third-order valence-corrected chi connectivity index (χ3v) is 5.93. The van der Waals surface area contributed by atoms with E-state index in [0.29, 0.717) is 46.6 Å². The minimum absolute atomic E-state index is 0.0124. The highest BCUT2D eigenvalue weighted by Crippen LogP contribution is 2.52. The van der Waals surface area contributed by atoms with Gasteiger partial charge in [-0.2, -0.15) is 5.10 Å².